The Morgan fingerprint density at radius 3 is 2.83 bits per heavy atom. The molecule has 0 bridgehead atoms. The highest BCUT2D eigenvalue weighted by Gasteiger charge is 2.20. The first-order valence-electron chi connectivity index (χ1n) is 9.14. The normalized spacial score (nSPS) is 15.3. The average molecular weight is 444 g/mol. The van der Waals surface area contributed by atoms with Gasteiger partial charge in [0.2, 0.25) is 5.88 Å². The molecule has 30 heavy (non-hydrogen) atoms. The maximum absolute atomic E-state index is 11.4. The lowest BCUT2D eigenvalue weighted by molar-refractivity contribution is 0.454. The molecule has 0 radical (unpaired) electrons. The number of aromatic hydroxyl groups is 1. The van der Waals surface area contributed by atoms with E-state index in [9.17, 15) is 9.90 Å². The maximum Gasteiger partial charge on any atom is 0.326 e. The number of rotatable bonds is 4. The van der Waals surface area contributed by atoms with Gasteiger partial charge in [-0.05, 0) is 37.1 Å². The Hall–Kier alpha value is -3.30. The van der Waals surface area contributed by atoms with Crippen molar-refractivity contribution in [2.45, 2.75) is 18.9 Å². The largest absolute Gasteiger partial charge is 0.493 e. The summed E-state index contributed by atoms with van der Waals surface area (Å²) in [6, 6.07) is 7.16. The summed E-state index contributed by atoms with van der Waals surface area (Å²) in [6.45, 7) is 0. The number of anilines is 2. The highest BCUT2D eigenvalue weighted by molar-refractivity contribution is 6.35. The van der Waals surface area contributed by atoms with E-state index in [4.69, 9.17) is 28.2 Å². The molecular weight excluding hydrogens is 429 g/mol. The topological polar surface area (TPSA) is 123 Å². The second-order valence-corrected chi connectivity index (χ2v) is 7.77. The van der Waals surface area contributed by atoms with E-state index in [1.165, 1.54) is 0 Å². The van der Waals surface area contributed by atoms with E-state index in [-0.39, 0.29) is 17.6 Å². The SMILES string of the molecule is O=c1[nH]c(O)c(/C=c2/cnn3c(=NC4CC4)cc(Nc4cc(Cl)ccc4Cl)nc23)[nH]1. The van der Waals surface area contributed by atoms with Crippen LogP contribution in [-0.4, -0.2) is 35.7 Å². The number of aromatic amines is 2. The fourth-order valence-corrected chi connectivity index (χ4v) is 3.33. The Kier molecular flexibility index (Phi) is 4.48. The van der Waals surface area contributed by atoms with Gasteiger partial charge in [0.25, 0.3) is 0 Å². The highest BCUT2D eigenvalue weighted by Crippen LogP contribution is 2.27. The van der Waals surface area contributed by atoms with E-state index < -0.39 is 5.69 Å². The molecule has 4 N–H and O–H groups in total. The maximum atomic E-state index is 11.4. The highest BCUT2D eigenvalue weighted by atomic mass is 35.5. The fourth-order valence-electron chi connectivity index (χ4n) is 2.99. The predicted molar refractivity (Wildman–Crippen MR) is 113 cm³/mol. The van der Waals surface area contributed by atoms with Crippen LogP contribution in [0.4, 0.5) is 11.5 Å². The summed E-state index contributed by atoms with van der Waals surface area (Å²) in [5.41, 5.74) is 1.46. The Labute approximate surface area is 178 Å². The van der Waals surface area contributed by atoms with E-state index in [2.05, 4.69) is 25.4 Å². The number of benzene rings is 1. The number of H-pyrrole nitrogens is 2. The molecule has 5 rings (SSSR count). The smallest absolute Gasteiger partial charge is 0.326 e. The Morgan fingerprint density at radius 2 is 2.10 bits per heavy atom. The van der Waals surface area contributed by atoms with Crippen molar-refractivity contribution in [3.63, 3.8) is 0 Å². The second-order valence-electron chi connectivity index (χ2n) is 6.93. The molecule has 4 aromatic rings. The molecule has 0 unspecified atom stereocenters. The van der Waals surface area contributed by atoms with Crippen molar-refractivity contribution in [3.05, 3.63) is 67.4 Å². The lowest BCUT2D eigenvalue weighted by atomic mass is 10.3. The number of hydrogen-bond acceptors (Lipinski definition) is 6. The Morgan fingerprint density at radius 1 is 1.27 bits per heavy atom. The zero-order chi connectivity index (χ0) is 20.8. The number of nitrogens with one attached hydrogen (secondary N) is 3. The van der Waals surface area contributed by atoms with Gasteiger partial charge in [-0.1, -0.05) is 23.2 Å². The quantitative estimate of drug-likeness (QED) is 0.384. The molecule has 1 saturated carbocycles. The molecule has 0 saturated heterocycles. The van der Waals surface area contributed by atoms with Crippen molar-refractivity contribution in [1.29, 1.82) is 0 Å². The molecule has 1 fully saturated rings. The van der Waals surface area contributed by atoms with Gasteiger partial charge in [-0.2, -0.15) is 9.61 Å². The molecule has 1 aliphatic carbocycles. The third-order valence-corrected chi connectivity index (χ3v) is 5.13. The summed E-state index contributed by atoms with van der Waals surface area (Å²) < 4.78 is 1.62. The second kappa shape index (κ2) is 7.19. The third-order valence-electron chi connectivity index (χ3n) is 4.57. The fraction of sp³-hybridized carbons (Fsp3) is 0.158. The van der Waals surface area contributed by atoms with Gasteiger partial charge in [-0.25, -0.2) is 9.78 Å². The first-order valence-corrected chi connectivity index (χ1v) is 9.89. The van der Waals surface area contributed by atoms with Gasteiger partial charge in [0.05, 0.1) is 22.9 Å². The summed E-state index contributed by atoms with van der Waals surface area (Å²) >= 11 is 12.4. The van der Waals surface area contributed by atoms with Crippen LogP contribution < -0.4 is 21.7 Å². The van der Waals surface area contributed by atoms with Gasteiger partial charge < -0.3 is 15.4 Å². The molecule has 9 nitrogen and oxygen atoms in total. The first kappa shape index (κ1) is 18.7. The number of halogens is 2. The molecule has 1 aromatic carbocycles. The minimum atomic E-state index is -0.509. The lowest BCUT2D eigenvalue weighted by Crippen LogP contribution is -2.19. The number of fused-ring (bicyclic) bond motifs is 1. The van der Waals surface area contributed by atoms with Gasteiger partial charge in [0.1, 0.15) is 11.5 Å². The van der Waals surface area contributed by atoms with E-state index in [1.54, 1.807) is 41.1 Å². The van der Waals surface area contributed by atoms with Crippen LogP contribution in [-0.2, 0) is 0 Å². The molecular formula is C19H15Cl2N7O2. The zero-order valence-corrected chi connectivity index (χ0v) is 16.9. The van der Waals surface area contributed by atoms with Gasteiger partial charge in [-0.15, -0.1) is 0 Å². The zero-order valence-electron chi connectivity index (χ0n) is 15.4. The van der Waals surface area contributed by atoms with Crippen molar-refractivity contribution in [2.24, 2.45) is 4.99 Å². The standard InChI is InChI=1S/C19H15Cl2N7O2/c20-10-1-4-12(21)13(6-10)24-15-7-16(23-11-2-3-11)28-17(26-15)9(8-22-28)5-14-18(29)27-19(30)25-14/h1,4-8,11,24,29H,2-3H2,(H2,25,27,30)/b9-5-,23-16?. The van der Waals surface area contributed by atoms with Crippen molar-refractivity contribution < 1.29 is 5.11 Å². The monoisotopic (exact) mass is 443 g/mol. The number of aromatic nitrogens is 5. The Bertz CT molecular complexity index is 1450. The van der Waals surface area contributed by atoms with E-state index in [1.807, 2.05) is 0 Å². The van der Waals surface area contributed by atoms with Crippen LogP contribution in [0.3, 0.4) is 0 Å². The van der Waals surface area contributed by atoms with E-state index in [0.29, 0.717) is 37.9 Å². The van der Waals surface area contributed by atoms with Crippen molar-refractivity contribution in [2.75, 3.05) is 5.32 Å². The molecule has 1 aliphatic rings. The first-order chi connectivity index (χ1) is 14.5. The number of imidazole rings is 1. The van der Waals surface area contributed by atoms with Crippen molar-refractivity contribution >= 4 is 46.4 Å². The van der Waals surface area contributed by atoms with Crippen LogP contribution in [0.1, 0.15) is 18.5 Å². The molecule has 0 spiro atoms. The molecule has 152 valence electrons. The molecule has 11 heteroatoms. The van der Waals surface area contributed by atoms with Crippen LogP contribution in [0, 0.1) is 0 Å². The van der Waals surface area contributed by atoms with Crippen LogP contribution in [0.25, 0.3) is 11.7 Å². The van der Waals surface area contributed by atoms with Gasteiger partial charge in [0.15, 0.2) is 11.1 Å². The number of nitrogens with zero attached hydrogens (tertiary/aromatic N) is 4. The lowest BCUT2D eigenvalue weighted by Gasteiger charge is -2.08. The molecule has 3 aromatic heterocycles. The summed E-state index contributed by atoms with van der Waals surface area (Å²) in [6.07, 6.45) is 5.24. The third kappa shape index (κ3) is 3.64. The van der Waals surface area contributed by atoms with Crippen LogP contribution in [0.15, 0.2) is 40.2 Å². The van der Waals surface area contributed by atoms with E-state index in [0.717, 1.165) is 12.8 Å². The summed E-state index contributed by atoms with van der Waals surface area (Å²) in [5.74, 6) is 0.246. The van der Waals surface area contributed by atoms with Gasteiger partial charge in [0, 0.05) is 16.3 Å². The summed E-state index contributed by atoms with van der Waals surface area (Å²) in [4.78, 5) is 25.6. The minimum Gasteiger partial charge on any atom is -0.493 e. The minimum absolute atomic E-state index is 0.230. The molecule has 0 aliphatic heterocycles. The summed E-state index contributed by atoms with van der Waals surface area (Å²) in [5, 5.41) is 19.1. The van der Waals surface area contributed by atoms with Crippen molar-refractivity contribution in [3.8, 4) is 5.88 Å². The Balaban J connectivity index is 1.69. The van der Waals surface area contributed by atoms with Crippen LogP contribution in [0.2, 0.25) is 10.0 Å². The molecule has 0 amide bonds. The van der Waals surface area contributed by atoms with E-state index >= 15 is 0 Å². The van der Waals surface area contributed by atoms with Gasteiger partial charge >= 0.3 is 5.69 Å². The van der Waals surface area contributed by atoms with Gasteiger partial charge in [-0.3, -0.25) is 9.98 Å². The van der Waals surface area contributed by atoms with Crippen molar-refractivity contribution in [1.82, 2.24) is 24.6 Å². The van der Waals surface area contributed by atoms with Crippen LogP contribution in [0.5, 0.6) is 5.88 Å². The predicted octanol–water partition coefficient (Wildman–Crippen LogP) is 2.11. The molecule has 3 heterocycles. The molecule has 0 atom stereocenters. The average Bonchev–Trinajstić information content (AvgIpc) is 3.34. The summed E-state index contributed by atoms with van der Waals surface area (Å²) in [7, 11) is 0. The van der Waals surface area contributed by atoms with Crippen LogP contribution >= 0.6 is 23.2 Å². The number of hydrogen-bond donors (Lipinski definition) is 4.